The lowest BCUT2D eigenvalue weighted by atomic mass is 10.0. The molecule has 1 N–H and O–H groups in total. The summed E-state index contributed by atoms with van der Waals surface area (Å²) >= 11 is 12.7. The molecule has 7 heteroatoms. The van der Waals surface area contributed by atoms with Crippen molar-refractivity contribution in [2.75, 3.05) is 12.4 Å². The van der Waals surface area contributed by atoms with Crippen LogP contribution in [0.25, 0.3) is 0 Å². The molecule has 0 radical (unpaired) electrons. The molecule has 0 spiro atoms. The Balaban J connectivity index is 1.73. The molecule has 3 aromatic rings. The highest BCUT2D eigenvalue weighted by Gasteiger charge is 2.33. The zero-order valence-corrected chi connectivity index (χ0v) is 17.3. The van der Waals surface area contributed by atoms with Gasteiger partial charge < -0.3 is 10.2 Å². The number of nitrogens with one attached hydrogen (secondary N) is 1. The standard InChI is InChI=1S/C21H20Cl2N4O/c1-12-19(20-24-18-10-5-4-7-14(18)21(28)26(20)3)13(2)27(25-12)11-15-16(22)8-6-9-17(15)23/h4-10,20,24H,11H2,1-3H3/t20-/m0/s1. The number of benzene rings is 2. The second kappa shape index (κ2) is 7.15. The number of carbonyl (C=O) groups is 1. The Bertz CT molecular complexity index is 1060. The van der Waals surface area contributed by atoms with Crippen molar-refractivity contribution in [1.29, 1.82) is 0 Å². The molecule has 1 aliphatic heterocycles. The monoisotopic (exact) mass is 414 g/mol. The van der Waals surface area contributed by atoms with Gasteiger partial charge in [0.25, 0.3) is 5.91 Å². The average molecular weight is 415 g/mol. The highest BCUT2D eigenvalue weighted by atomic mass is 35.5. The summed E-state index contributed by atoms with van der Waals surface area (Å²) in [5.74, 6) is -0.0138. The summed E-state index contributed by atoms with van der Waals surface area (Å²) in [6, 6.07) is 13.0. The maximum atomic E-state index is 12.8. The Kier molecular flexibility index (Phi) is 4.81. The molecule has 0 bridgehead atoms. The Morgan fingerprint density at radius 1 is 1.07 bits per heavy atom. The van der Waals surface area contributed by atoms with E-state index in [1.54, 1.807) is 11.9 Å². The first kappa shape index (κ1) is 18.8. The van der Waals surface area contributed by atoms with Gasteiger partial charge in [-0.3, -0.25) is 9.48 Å². The highest BCUT2D eigenvalue weighted by molar-refractivity contribution is 6.35. The van der Waals surface area contributed by atoms with Gasteiger partial charge in [0, 0.05) is 39.6 Å². The number of halogens is 2. The smallest absolute Gasteiger partial charge is 0.257 e. The topological polar surface area (TPSA) is 50.2 Å². The van der Waals surface area contributed by atoms with Gasteiger partial charge in [0.05, 0.1) is 17.8 Å². The van der Waals surface area contributed by atoms with E-state index in [-0.39, 0.29) is 12.1 Å². The van der Waals surface area contributed by atoms with Crippen LogP contribution in [-0.4, -0.2) is 27.6 Å². The lowest BCUT2D eigenvalue weighted by molar-refractivity contribution is 0.0735. The summed E-state index contributed by atoms with van der Waals surface area (Å²) < 4.78 is 1.89. The van der Waals surface area contributed by atoms with Crippen molar-refractivity contribution < 1.29 is 4.79 Å². The molecule has 1 amide bonds. The van der Waals surface area contributed by atoms with Gasteiger partial charge in [-0.25, -0.2) is 0 Å². The van der Waals surface area contributed by atoms with Gasteiger partial charge in [-0.1, -0.05) is 41.4 Å². The summed E-state index contributed by atoms with van der Waals surface area (Å²) in [5, 5.41) is 9.39. The van der Waals surface area contributed by atoms with Crippen molar-refractivity contribution in [1.82, 2.24) is 14.7 Å². The minimum atomic E-state index is -0.294. The molecule has 1 atom stereocenters. The number of aryl methyl sites for hydroxylation is 1. The minimum absolute atomic E-state index is 0.0138. The van der Waals surface area contributed by atoms with E-state index in [4.69, 9.17) is 28.3 Å². The summed E-state index contributed by atoms with van der Waals surface area (Å²) in [7, 11) is 1.80. The van der Waals surface area contributed by atoms with Crippen LogP contribution in [0.4, 0.5) is 5.69 Å². The SMILES string of the molecule is Cc1nn(Cc2c(Cl)cccc2Cl)c(C)c1[C@H]1Nc2ccccc2C(=O)N1C. The number of rotatable bonds is 3. The van der Waals surface area contributed by atoms with Gasteiger partial charge in [-0.05, 0) is 38.1 Å². The largest absolute Gasteiger partial charge is 0.361 e. The highest BCUT2D eigenvalue weighted by Crippen LogP contribution is 2.35. The molecule has 1 aliphatic rings. The Hall–Kier alpha value is -2.50. The Labute approximate surface area is 173 Å². The van der Waals surface area contributed by atoms with Gasteiger partial charge in [-0.2, -0.15) is 5.10 Å². The summed E-state index contributed by atoms with van der Waals surface area (Å²) in [5.41, 5.74) is 5.13. The van der Waals surface area contributed by atoms with Crippen molar-refractivity contribution in [3.63, 3.8) is 0 Å². The molecule has 0 saturated heterocycles. The lowest BCUT2D eigenvalue weighted by Crippen LogP contribution is -2.40. The van der Waals surface area contributed by atoms with Gasteiger partial charge in [-0.15, -0.1) is 0 Å². The number of nitrogens with zero attached hydrogens (tertiary/aromatic N) is 3. The number of amides is 1. The first-order valence-electron chi connectivity index (χ1n) is 8.98. The average Bonchev–Trinajstić information content (AvgIpc) is 2.95. The second-order valence-corrected chi connectivity index (χ2v) is 7.77. The van der Waals surface area contributed by atoms with E-state index in [0.717, 1.165) is 28.2 Å². The molecule has 1 aromatic heterocycles. The van der Waals surface area contributed by atoms with Crippen LogP contribution in [0, 0.1) is 13.8 Å². The van der Waals surface area contributed by atoms with Crippen molar-refractivity contribution in [3.05, 3.63) is 80.6 Å². The molecule has 2 heterocycles. The van der Waals surface area contributed by atoms with E-state index >= 15 is 0 Å². The number of hydrogen-bond acceptors (Lipinski definition) is 3. The van der Waals surface area contributed by atoms with Crippen molar-refractivity contribution >= 4 is 34.8 Å². The minimum Gasteiger partial charge on any atom is -0.361 e. The van der Waals surface area contributed by atoms with Crippen LogP contribution < -0.4 is 5.32 Å². The maximum Gasteiger partial charge on any atom is 0.257 e. The van der Waals surface area contributed by atoms with E-state index in [1.165, 1.54) is 0 Å². The summed E-state index contributed by atoms with van der Waals surface area (Å²) in [6.07, 6.45) is -0.294. The molecule has 0 fully saturated rings. The fraction of sp³-hybridized carbons (Fsp3) is 0.238. The number of anilines is 1. The molecule has 28 heavy (non-hydrogen) atoms. The fourth-order valence-electron chi connectivity index (χ4n) is 3.71. The number of carbonyl (C=O) groups excluding carboxylic acids is 1. The second-order valence-electron chi connectivity index (χ2n) is 6.95. The van der Waals surface area contributed by atoms with Crippen molar-refractivity contribution in [2.24, 2.45) is 0 Å². The number of aromatic nitrogens is 2. The van der Waals surface area contributed by atoms with E-state index in [2.05, 4.69) is 5.32 Å². The molecule has 144 valence electrons. The first-order valence-corrected chi connectivity index (χ1v) is 9.73. The van der Waals surface area contributed by atoms with Crippen molar-refractivity contribution in [2.45, 2.75) is 26.6 Å². The Morgan fingerprint density at radius 2 is 1.75 bits per heavy atom. The van der Waals surface area contributed by atoms with Crippen LogP contribution in [0.15, 0.2) is 42.5 Å². The quantitative estimate of drug-likeness (QED) is 0.651. The normalized spacial score (nSPS) is 16.1. The fourth-order valence-corrected chi connectivity index (χ4v) is 4.22. The van der Waals surface area contributed by atoms with E-state index in [1.807, 2.05) is 61.0 Å². The molecular weight excluding hydrogens is 395 g/mol. The number of fused-ring (bicyclic) bond motifs is 1. The van der Waals surface area contributed by atoms with E-state index in [0.29, 0.717) is 22.2 Å². The molecule has 0 unspecified atom stereocenters. The van der Waals surface area contributed by atoms with Gasteiger partial charge >= 0.3 is 0 Å². The summed E-state index contributed by atoms with van der Waals surface area (Å²) in [6.45, 7) is 4.42. The van der Waals surface area contributed by atoms with E-state index < -0.39 is 0 Å². The first-order chi connectivity index (χ1) is 13.4. The third-order valence-electron chi connectivity index (χ3n) is 5.24. The number of hydrogen-bond donors (Lipinski definition) is 1. The predicted octanol–water partition coefficient (Wildman–Crippen LogP) is 5.05. The van der Waals surface area contributed by atoms with Crippen LogP contribution in [0.5, 0.6) is 0 Å². The molecule has 4 rings (SSSR count). The van der Waals surface area contributed by atoms with Crippen LogP contribution in [-0.2, 0) is 6.54 Å². The Morgan fingerprint density at radius 3 is 2.46 bits per heavy atom. The van der Waals surface area contributed by atoms with Crippen LogP contribution >= 0.6 is 23.2 Å². The maximum absolute atomic E-state index is 12.8. The van der Waals surface area contributed by atoms with Gasteiger partial charge in [0.1, 0.15) is 6.17 Å². The molecule has 0 saturated carbocycles. The third kappa shape index (κ3) is 3.05. The molecule has 0 aliphatic carbocycles. The van der Waals surface area contributed by atoms with Crippen LogP contribution in [0.2, 0.25) is 10.0 Å². The predicted molar refractivity (Wildman–Crippen MR) is 112 cm³/mol. The zero-order valence-electron chi connectivity index (χ0n) is 15.8. The molecule has 2 aromatic carbocycles. The van der Waals surface area contributed by atoms with E-state index in [9.17, 15) is 4.79 Å². The molecule has 5 nitrogen and oxygen atoms in total. The van der Waals surface area contributed by atoms with Gasteiger partial charge in [0.2, 0.25) is 0 Å². The van der Waals surface area contributed by atoms with Crippen LogP contribution in [0.1, 0.15) is 39.0 Å². The lowest BCUT2D eigenvalue weighted by Gasteiger charge is -2.35. The third-order valence-corrected chi connectivity index (χ3v) is 5.95. The molecular formula is C21H20Cl2N4O. The van der Waals surface area contributed by atoms with Gasteiger partial charge in [0.15, 0.2) is 0 Å². The summed E-state index contributed by atoms with van der Waals surface area (Å²) in [4.78, 5) is 14.5. The van der Waals surface area contributed by atoms with Crippen LogP contribution in [0.3, 0.4) is 0 Å². The zero-order chi connectivity index (χ0) is 20.0. The van der Waals surface area contributed by atoms with Crippen molar-refractivity contribution in [3.8, 4) is 0 Å². The number of para-hydroxylation sites is 1.